The van der Waals surface area contributed by atoms with Crippen LogP contribution in [0.4, 0.5) is 10.1 Å². The van der Waals surface area contributed by atoms with Crippen LogP contribution in [0.5, 0.6) is 0 Å². The molecule has 2 aromatic heterocycles. The van der Waals surface area contributed by atoms with E-state index in [-0.39, 0.29) is 17.3 Å². The Morgan fingerprint density at radius 1 is 1.15 bits per heavy atom. The zero-order valence-electron chi connectivity index (χ0n) is 18.8. The van der Waals surface area contributed by atoms with Gasteiger partial charge in [0.2, 0.25) is 0 Å². The molecule has 33 heavy (non-hydrogen) atoms. The topological polar surface area (TPSA) is 70.5 Å². The van der Waals surface area contributed by atoms with Gasteiger partial charge in [0.05, 0.1) is 16.0 Å². The lowest BCUT2D eigenvalue weighted by Gasteiger charge is -2.36. The molecule has 1 saturated heterocycles. The number of hydrogen-bond acceptors (Lipinski definition) is 6. The van der Waals surface area contributed by atoms with Crippen molar-refractivity contribution in [1.82, 2.24) is 19.8 Å². The number of anilines is 1. The quantitative estimate of drug-likeness (QED) is 0.622. The lowest BCUT2D eigenvalue weighted by molar-refractivity contribution is 0.0951. The van der Waals surface area contributed by atoms with Gasteiger partial charge in [-0.2, -0.15) is 0 Å². The van der Waals surface area contributed by atoms with E-state index in [1.165, 1.54) is 17.4 Å². The maximum atomic E-state index is 14.0. The summed E-state index contributed by atoms with van der Waals surface area (Å²) in [5, 5.41) is 3.59. The summed E-state index contributed by atoms with van der Waals surface area (Å²) in [5.41, 5.74) is 1.36. The number of thiophene rings is 1. The zero-order valence-corrected chi connectivity index (χ0v) is 19.6. The number of halogens is 1. The first kappa shape index (κ1) is 22.0. The number of aromatic nitrogens is 2. The minimum Gasteiger partial charge on any atom is -0.367 e. The fourth-order valence-corrected chi connectivity index (χ4v) is 5.88. The van der Waals surface area contributed by atoms with Crippen LogP contribution in [0, 0.1) is 12.7 Å². The Bertz CT molecular complexity index is 1250. The molecule has 0 bridgehead atoms. The first-order chi connectivity index (χ1) is 16.0. The van der Waals surface area contributed by atoms with Gasteiger partial charge in [0, 0.05) is 52.2 Å². The number of benzene rings is 1. The van der Waals surface area contributed by atoms with Crippen molar-refractivity contribution in [3.8, 4) is 0 Å². The number of nitrogens with zero attached hydrogens (tertiary/aromatic N) is 4. The van der Waals surface area contributed by atoms with Crippen LogP contribution in [0.25, 0.3) is 10.2 Å². The van der Waals surface area contributed by atoms with Gasteiger partial charge in [-0.05, 0) is 37.5 Å². The van der Waals surface area contributed by atoms with Crippen molar-refractivity contribution in [3.05, 3.63) is 56.7 Å². The SMILES string of the molecule is Cc1c(C(=O)NCCN2CCN(c3ccccc3F)CC2)sc2nc3n(c(=O)c12)CCCC3. The van der Waals surface area contributed by atoms with Gasteiger partial charge in [-0.1, -0.05) is 12.1 Å². The third kappa shape index (κ3) is 4.27. The lowest BCUT2D eigenvalue weighted by Crippen LogP contribution is -2.48. The molecule has 7 nitrogen and oxygen atoms in total. The summed E-state index contributed by atoms with van der Waals surface area (Å²) in [6.45, 7) is 6.95. The molecule has 3 aromatic rings. The van der Waals surface area contributed by atoms with E-state index in [1.807, 2.05) is 19.1 Å². The third-order valence-corrected chi connectivity index (χ3v) is 7.83. The van der Waals surface area contributed by atoms with E-state index in [0.717, 1.165) is 63.4 Å². The fourth-order valence-electron chi connectivity index (χ4n) is 4.78. The van der Waals surface area contributed by atoms with Crippen LogP contribution in [0.3, 0.4) is 0 Å². The number of hydrogen-bond donors (Lipinski definition) is 1. The zero-order chi connectivity index (χ0) is 22.9. The molecule has 0 unspecified atom stereocenters. The van der Waals surface area contributed by atoms with E-state index in [9.17, 15) is 14.0 Å². The minimum absolute atomic E-state index is 0.0183. The Morgan fingerprint density at radius 3 is 2.73 bits per heavy atom. The van der Waals surface area contributed by atoms with Gasteiger partial charge in [-0.15, -0.1) is 11.3 Å². The number of para-hydroxylation sites is 1. The van der Waals surface area contributed by atoms with E-state index in [0.29, 0.717) is 33.9 Å². The van der Waals surface area contributed by atoms with Crippen LogP contribution in [0.15, 0.2) is 29.1 Å². The molecule has 1 aromatic carbocycles. The molecule has 1 fully saturated rings. The van der Waals surface area contributed by atoms with Crippen molar-refractivity contribution >= 4 is 33.1 Å². The second-order valence-corrected chi connectivity index (χ2v) is 9.71. The van der Waals surface area contributed by atoms with Gasteiger partial charge >= 0.3 is 0 Å². The van der Waals surface area contributed by atoms with E-state index < -0.39 is 0 Å². The van der Waals surface area contributed by atoms with Crippen molar-refractivity contribution < 1.29 is 9.18 Å². The monoisotopic (exact) mass is 469 g/mol. The highest BCUT2D eigenvalue weighted by Gasteiger charge is 2.23. The smallest absolute Gasteiger partial charge is 0.262 e. The number of carbonyl (C=O) groups excluding carboxylic acids is 1. The fraction of sp³-hybridized carbons (Fsp3) is 0.458. The molecule has 174 valence electrons. The normalized spacial score (nSPS) is 16.7. The second kappa shape index (κ2) is 9.23. The summed E-state index contributed by atoms with van der Waals surface area (Å²) < 4.78 is 15.8. The predicted molar refractivity (Wildman–Crippen MR) is 129 cm³/mol. The first-order valence-corrected chi connectivity index (χ1v) is 12.4. The average Bonchev–Trinajstić information content (AvgIpc) is 3.16. The van der Waals surface area contributed by atoms with E-state index in [1.54, 1.807) is 10.6 Å². The highest BCUT2D eigenvalue weighted by Crippen LogP contribution is 2.28. The summed E-state index contributed by atoms with van der Waals surface area (Å²) in [6, 6.07) is 6.87. The third-order valence-electron chi connectivity index (χ3n) is 6.65. The summed E-state index contributed by atoms with van der Waals surface area (Å²) in [5.74, 6) is 0.497. The minimum atomic E-state index is -0.188. The Kier molecular flexibility index (Phi) is 6.16. The Morgan fingerprint density at radius 2 is 1.94 bits per heavy atom. The number of nitrogens with one attached hydrogen (secondary N) is 1. The number of piperazine rings is 1. The molecule has 9 heteroatoms. The average molecular weight is 470 g/mol. The highest BCUT2D eigenvalue weighted by molar-refractivity contribution is 7.20. The molecule has 0 aliphatic carbocycles. The molecule has 0 atom stereocenters. The predicted octanol–water partition coefficient (Wildman–Crippen LogP) is 2.79. The maximum absolute atomic E-state index is 14.0. The number of amides is 1. The van der Waals surface area contributed by atoms with Crippen molar-refractivity contribution in [3.63, 3.8) is 0 Å². The van der Waals surface area contributed by atoms with Crippen LogP contribution in [0.1, 0.15) is 33.9 Å². The number of fused-ring (bicyclic) bond motifs is 2. The Labute approximate surface area is 195 Å². The molecule has 0 saturated carbocycles. The standard InChI is InChI=1S/C24H28FN5O2S/c1-16-20-23(27-19-8-4-5-10-30(19)24(20)32)33-21(16)22(31)26-9-11-28-12-14-29(15-13-28)18-7-3-2-6-17(18)25/h2-3,6-7H,4-5,8-15H2,1H3,(H,26,31). The Balaban J connectivity index is 1.19. The van der Waals surface area contributed by atoms with Crippen LogP contribution >= 0.6 is 11.3 Å². The van der Waals surface area contributed by atoms with Gasteiger partial charge in [0.25, 0.3) is 11.5 Å². The molecule has 2 aliphatic rings. The molecule has 1 amide bonds. The van der Waals surface area contributed by atoms with Crippen LogP contribution in [-0.4, -0.2) is 59.6 Å². The summed E-state index contributed by atoms with van der Waals surface area (Å²) in [6.07, 6.45) is 2.85. The van der Waals surface area contributed by atoms with Gasteiger partial charge in [-0.3, -0.25) is 19.1 Å². The lowest BCUT2D eigenvalue weighted by atomic mass is 10.1. The first-order valence-electron chi connectivity index (χ1n) is 11.6. The molecule has 2 aliphatic heterocycles. The summed E-state index contributed by atoms with van der Waals surface area (Å²) >= 11 is 1.31. The van der Waals surface area contributed by atoms with Gasteiger partial charge in [-0.25, -0.2) is 9.37 Å². The van der Waals surface area contributed by atoms with Crippen LogP contribution in [0.2, 0.25) is 0 Å². The molecule has 1 N–H and O–H groups in total. The van der Waals surface area contributed by atoms with Crippen LogP contribution < -0.4 is 15.8 Å². The molecule has 5 rings (SSSR count). The van der Waals surface area contributed by atoms with Crippen molar-refractivity contribution in [2.75, 3.05) is 44.2 Å². The molecule has 0 radical (unpaired) electrons. The van der Waals surface area contributed by atoms with Crippen molar-refractivity contribution in [2.24, 2.45) is 0 Å². The molecular formula is C24H28FN5O2S. The number of aryl methyl sites for hydroxylation is 2. The summed E-state index contributed by atoms with van der Waals surface area (Å²) in [7, 11) is 0. The van der Waals surface area contributed by atoms with E-state index >= 15 is 0 Å². The number of rotatable bonds is 5. The second-order valence-electron chi connectivity index (χ2n) is 8.71. The van der Waals surface area contributed by atoms with Crippen LogP contribution in [-0.2, 0) is 13.0 Å². The summed E-state index contributed by atoms with van der Waals surface area (Å²) in [4.78, 5) is 36.1. The van der Waals surface area contributed by atoms with E-state index in [4.69, 9.17) is 4.98 Å². The van der Waals surface area contributed by atoms with E-state index in [2.05, 4.69) is 15.1 Å². The maximum Gasteiger partial charge on any atom is 0.262 e. The van der Waals surface area contributed by atoms with Gasteiger partial charge < -0.3 is 10.2 Å². The molecule has 4 heterocycles. The van der Waals surface area contributed by atoms with Crippen molar-refractivity contribution in [1.29, 1.82) is 0 Å². The largest absolute Gasteiger partial charge is 0.367 e. The van der Waals surface area contributed by atoms with Gasteiger partial charge in [0.1, 0.15) is 16.5 Å². The molecule has 0 spiro atoms. The molecular weight excluding hydrogens is 441 g/mol. The Hall–Kier alpha value is -2.78. The van der Waals surface area contributed by atoms with Crippen molar-refractivity contribution in [2.45, 2.75) is 32.7 Å². The number of carbonyl (C=O) groups is 1. The van der Waals surface area contributed by atoms with Gasteiger partial charge in [0.15, 0.2) is 0 Å². The highest BCUT2D eigenvalue weighted by atomic mass is 32.1.